The lowest BCUT2D eigenvalue weighted by Crippen LogP contribution is -2.42. The van der Waals surface area contributed by atoms with Crippen LogP contribution in [0.2, 0.25) is 0 Å². The number of esters is 2. The third-order valence-corrected chi connectivity index (χ3v) is 5.11. The Hall–Kier alpha value is -2.62. The van der Waals surface area contributed by atoms with Crippen molar-refractivity contribution in [1.82, 2.24) is 4.90 Å². The monoisotopic (exact) mass is 396 g/mol. The summed E-state index contributed by atoms with van der Waals surface area (Å²) in [5, 5.41) is 11.1. The van der Waals surface area contributed by atoms with Crippen LogP contribution in [0.3, 0.4) is 0 Å². The van der Waals surface area contributed by atoms with E-state index in [1.54, 1.807) is 6.26 Å². The number of carbonyl (C=O) groups excluding carboxylic acids is 3. The first kappa shape index (κ1) is 20.7. The van der Waals surface area contributed by atoms with Crippen molar-refractivity contribution in [3.05, 3.63) is 33.9 Å². The van der Waals surface area contributed by atoms with Gasteiger partial charge in [-0.1, -0.05) is 0 Å². The summed E-state index contributed by atoms with van der Waals surface area (Å²) in [5.41, 5.74) is -0.176. The Morgan fingerprint density at radius 1 is 1.30 bits per heavy atom. The lowest BCUT2D eigenvalue weighted by atomic mass is 9.97. The smallest absolute Gasteiger partial charge is 0.338 e. The van der Waals surface area contributed by atoms with Gasteiger partial charge in [0.15, 0.2) is 6.61 Å². The summed E-state index contributed by atoms with van der Waals surface area (Å²) in [6, 6.07) is 4.03. The Kier molecular flexibility index (Phi) is 7.17. The van der Waals surface area contributed by atoms with E-state index in [9.17, 15) is 24.5 Å². The van der Waals surface area contributed by atoms with E-state index in [0.29, 0.717) is 30.8 Å². The second kappa shape index (κ2) is 9.36. The van der Waals surface area contributed by atoms with Crippen LogP contribution in [0.4, 0.5) is 5.69 Å². The first-order chi connectivity index (χ1) is 12.9. The molecule has 0 N–H and O–H groups in total. The normalized spacial score (nSPS) is 14.5. The van der Waals surface area contributed by atoms with E-state index >= 15 is 0 Å². The fourth-order valence-electron chi connectivity index (χ4n) is 2.79. The summed E-state index contributed by atoms with van der Waals surface area (Å²) in [5.74, 6) is -1.69. The lowest BCUT2D eigenvalue weighted by molar-refractivity contribution is -0.387. The number of likely N-dealkylation sites (tertiary alicyclic amines) is 1. The Balaban J connectivity index is 1.90. The van der Waals surface area contributed by atoms with Crippen molar-refractivity contribution >= 4 is 35.3 Å². The summed E-state index contributed by atoms with van der Waals surface area (Å²) in [7, 11) is 1.33. The van der Waals surface area contributed by atoms with Gasteiger partial charge >= 0.3 is 11.9 Å². The molecular weight excluding hydrogens is 376 g/mol. The van der Waals surface area contributed by atoms with Gasteiger partial charge in [0.05, 0.1) is 28.4 Å². The van der Waals surface area contributed by atoms with E-state index in [0.717, 1.165) is 6.07 Å². The van der Waals surface area contributed by atoms with Crippen LogP contribution in [0.25, 0.3) is 0 Å². The highest BCUT2D eigenvalue weighted by Gasteiger charge is 2.28. The van der Waals surface area contributed by atoms with Gasteiger partial charge < -0.3 is 14.4 Å². The van der Waals surface area contributed by atoms with Gasteiger partial charge in [-0.3, -0.25) is 19.7 Å². The Morgan fingerprint density at radius 3 is 2.52 bits per heavy atom. The predicted molar refractivity (Wildman–Crippen MR) is 96.5 cm³/mol. The first-order valence-electron chi connectivity index (χ1n) is 8.22. The van der Waals surface area contributed by atoms with Crippen LogP contribution in [-0.4, -0.2) is 60.7 Å². The molecule has 27 heavy (non-hydrogen) atoms. The predicted octanol–water partition coefficient (Wildman–Crippen LogP) is 1.89. The summed E-state index contributed by atoms with van der Waals surface area (Å²) >= 11 is 1.20. The zero-order valence-corrected chi connectivity index (χ0v) is 15.8. The van der Waals surface area contributed by atoms with E-state index in [-0.39, 0.29) is 29.0 Å². The van der Waals surface area contributed by atoms with Crippen LogP contribution >= 0.6 is 11.8 Å². The molecule has 0 radical (unpaired) electrons. The molecule has 1 aliphatic heterocycles. The molecule has 9 nitrogen and oxygen atoms in total. The molecule has 0 unspecified atom stereocenters. The number of nitrogens with zero attached hydrogens (tertiary/aromatic N) is 2. The minimum absolute atomic E-state index is 0.0108. The second-order valence-electron chi connectivity index (χ2n) is 5.90. The van der Waals surface area contributed by atoms with Crippen LogP contribution in [0.5, 0.6) is 0 Å². The van der Waals surface area contributed by atoms with Crippen molar-refractivity contribution in [2.75, 3.05) is 33.1 Å². The molecule has 0 aliphatic carbocycles. The van der Waals surface area contributed by atoms with Gasteiger partial charge in [0.2, 0.25) is 0 Å². The van der Waals surface area contributed by atoms with Crippen LogP contribution in [0.1, 0.15) is 23.2 Å². The van der Waals surface area contributed by atoms with Crippen LogP contribution in [0.15, 0.2) is 23.1 Å². The Bertz CT molecular complexity index is 745. The maximum absolute atomic E-state index is 12.2. The van der Waals surface area contributed by atoms with Gasteiger partial charge in [-0.25, -0.2) is 4.79 Å². The number of nitro benzene ring substituents is 1. The third-order valence-electron chi connectivity index (χ3n) is 4.32. The molecule has 10 heteroatoms. The van der Waals surface area contributed by atoms with E-state index in [1.165, 1.54) is 35.9 Å². The summed E-state index contributed by atoms with van der Waals surface area (Å²) in [6.45, 7) is 0.299. The van der Waals surface area contributed by atoms with E-state index in [2.05, 4.69) is 0 Å². The summed E-state index contributed by atoms with van der Waals surface area (Å²) in [4.78, 5) is 48.2. The summed E-state index contributed by atoms with van der Waals surface area (Å²) < 4.78 is 9.69. The summed E-state index contributed by atoms with van der Waals surface area (Å²) in [6.07, 6.45) is 2.69. The molecule has 1 amide bonds. The minimum Gasteiger partial charge on any atom is -0.469 e. The van der Waals surface area contributed by atoms with Crippen molar-refractivity contribution in [2.24, 2.45) is 5.92 Å². The number of piperidine rings is 1. The Morgan fingerprint density at radius 2 is 1.96 bits per heavy atom. The van der Waals surface area contributed by atoms with E-state index in [4.69, 9.17) is 9.47 Å². The topological polar surface area (TPSA) is 116 Å². The Labute approximate surface area is 160 Å². The van der Waals surface area contributed by atoms with Crippen LogP contribution in [0, 0.1) is 16.0 Å². The minimum atomic E-state index is -0.802. The molecule has 1 fully saturated rings. The maximum Gasteiger partial charge on any atom is 0.338 e. The molecule has 1 aromatic carbocycles. The number of methoxy groups -OCH3 is 1. The fourth-order valence-corrected chi connectivity index (χ4v) is 3.34. The number of thioether (sulfide) groups is 1. The average molecular weight is 396 g/mol. The molecular formula is C17H20N2O7S. The van der Waals surface area contributed by atoms with Crippen molar-refractivity contribution in [1.29, 1.82) is 0 Å². The number of benzene rings is 1. The molecule has 0 aromatic heterocycles. The van der Waals surface area contributed by atoms with Crippen molar-refractivity contribution in [3.63, 3.8) is 0 Å². The number of hydrogen-bond donors (Lipinski definition) is 0. The standard InChI is InChI=1S/C17H20N2O7S/c1-25-16(21)11-5-7-18(8-6-11)15(20)10-26-17(22)12-3-4-14(27-2)13(9-12)19(23)24/h3-4,9,11H,5-8,10H2,1-2H3. The molecule has 1 aliphatic rings. The fraction of sp³-hybridized carbons (Fsp3) is 0.471. The first-order valence-corrected chi connectivity index (χ1v) is 9.45. The van der Waals surface area contributed by atoms with Gasteiger partial charge in [-0.2, -0.15) is 0 Å². The number of carbonyl (C=O) groups is 3. The van der Waals surface area contributed by atoms with Gasteiger partial charge in [0.25, 0.3) is 11.6 Å². The van der Waals surface area contributed by atoms with Gasteiger partial charge in [-0.05, 0) is 31.2 Å². The largest absolute Gasteiger partial charge is 0.469 e. The molecule has 0 saturated carbocycles. The maximum atomic E-state index is 12.2. The molecule has 1 heterocycles. The number of rotatable bonds is 6. The number of nitro groups is 1. The van der Waals surface area contributed by atoms with E-state index < -0.39 is 17.5 Å². The van der Waals surface area contributed by atoms with Crippen molar-refractivity contribution < 1.29 is 28.8 Å². The molecule has 2 rings (SSSR count). The molecule has 0 atom stereocenters. The zero-order chi connectivity index (χ0) is 20.0. The van der Waals surface area contributed by atoms with Gasteiger partial charge in [0, 0.05) is 19.2 Å². The molecule has 1 saturated heterocycles. The lowest BCUT2D eigenvalue weighted by Gasteiger charge is -2.30. The van der Waals surface area contributed by atoms with Crippen molar-refractivity contribution in [3.8, 4) is 0 Å². The highest BCUT2D eigenvalue weighted by atomic mass is 32.2. The molecule has 0 spiro atoms. The number of ether oxygens (including phenoxy) is 2. The van der Waals surface area contributed by atoms with Crippen LogP contribution in [-0.2, 0) is 19.1 Å². The number of hydrogen-bond acceptors (Lipinski definition) is 8. The van der Waals surface area contributed by atoms with Crippen molar-refractivity contribution in [2.45, 2.75) is 17.7 Å². The average Bonchev–Trinajstić information content (AvgIpc) is 2.70. The molecule has 146 valence electrons. The molecule has 1 aromatic rings. The highest BCUT2D eigenvalue weighted by Crippen LogP contribution is 2.28. The zero-order valence-electron chi connectivity index (χ0n) is 15.0. The quantitative estimate of drug-likeness (QED) is 0.310. The third kappa shape index (κ3) is 5.19. The SMILES string of the molecule is COC(=O)C1CCN(C(=O)COC(=O)c2ccc(SC)c([N+](=O)[O-])c2)CC1. The van der Waals surface area contributed by atoms with Gasteiger partial charge in [-0.15, -0.1) is 11.8 Å². The molecule has 0 bridgehead atoms. The van der Waals surface area contributed by atoms with E-state index in [1.807, 2.05) is 0 Å². The van der Waals surface area contributed by atoms with Crippen LogP contribution < -0.4 is 0 Å². The second-order valence-corrected chi connectivity index (χ2v) is 6.75. The number of amides is 1. The highest BCUT2D eigenvalue weighted by molar-refractivity contribution is 7.98. The van der Waals surface area contributed by atoms with Gasteiger partial charge in [0.1, 0.15) is 0 Å².